The Hall–Kier alpha value is -0.240. The summed E-state index contributed by atoms with van der Waals surface area (Å²) in [5, 5.41) is 1.63. The zero-order valence-electron chi connectivity index (χ0n) is 10.3. The molecule has 1 nitrogen and oxygen atoms in total. The second kappa shape index (κ2) is 6.08. The molecule has 1 fully saturated rings. The van der Waals surface area contributed by atoms with Crippen molar-refractivity contribution in [2.75, 3.05) is 19.6 Å². The van der Waals surface area contributed by atoms with E-state index in [4.69, 9.17) is 23.2 Å². The van der Waals surface area contributed by atoms with Gasteiger partial charge in [0.05, 0.1) is 0 Å². The predicted molar refractivity (Wildman–Crippen MR) is 75.2 cm³/mol. The molecule has 2 rings (SSSR count). The van der Waals surface area contributed by atoms with Gasteiger partial charge in [-0.2, -0.15) is 0 Å². The molecular weight excluding hydrogens is 253 g/mol. The number of hydrogen-bond acceptors (Lipinski definition) is 1. The Morgan fingerprint density at radius 2 is 1.71 bits per heavy atom. The predicted octanol–water partition coefficient (Wildman–Crippen LogP) is 4.19. The summed E-state index contributed by atoms with van der Waals surface area (Å²) >= 11 is 12.5. The van der Waals surface area contributed by atoms with Crippen LogP contribution in [-0.2, 0) is 12.8 Å². The van der Waals surface area contributed by atoms with Gasteiger partial charge in [-0.3, -0.25) is 0 Å². The van der Waals surface area contributed by atoms with Gasteiger partial charge in [-0.05, 0) is 62.0 Å². The van der Waals surface area contributed by atoms with Crippen molar-refractivity contribution in [1.29, 1.82) is 0 Å². The van der Waals surface area contributed by atoms with E-state index in [1.807, 2.05) is 0 Å². The average Bonchev–Trinajstić information content (AvgIpc) is 2.79. The molecule has 0 atom stereocenters. The van der Waals surface area contributed by atoms with Gasteiger partial charge >= 0.3 is 0 Å². The quantitative estimate of drug-likeness (QED) is 0.794. The standard InChI is InChI=1S/C14H19Cl2N/c1-2-12-13(15)9-11(10-14(12)16)5-8-17-6-3-4-7-17/h9-10H,2-8H2,1H3. The second-order valence-corrected chi connectivity index (χ2v) is 5.50. The molecule has 0 aliphatic carbocycles. The maximum Gasteiger partial charge on any atom is 0.0455 e. The minimum atomic E-state index is 0.816. The third-order valence-corrected chi connectivity index (χ3v) is 4.14. The fourth-order valence-corrected chi connectivity index (χ4v) is 3.23. The van der Waals surface area contributed by atoms with E-state index in [0.29, 0.717) is 0 Å². The Labute approximate surface area is 114 Å². The first-order chi connectivity index (χ1) is 8.20. The van der Waals surface area contributed by atoms with Gasteiger partial charge in [0.1, 0.15) is 0 Å². The SMILES string of the molecule is CCc1c(Cl)cc(CCN2CCCC2)cc1Cl. The number of nitrogens with zero attached hydrogens (tertiary/aromatic N) is 1. The highest BCUT2D eigenvalue weighted by atomic mass is 35.5. The minimum Gasteiger partial charge on any atom is -0.303 e. The third-order valence-electron chi connectivity index (χ3n) is 3.47. The van der Waals surface area contributed by atoms with Crippen LogP contribution in [0.4, 0.5) is 0 Å². The summed E-state index contributed by atoms with van der Waals surface area (Å²) in [6, 6.07) is 4.14. The van der Waals surface area contributed by atoms with Crippen molar-refractivity contribution in [3.05, 3.63) is 33.3 Å². The van der Waals surface area contributed by atoms with Crippen molar-refractivity contribution in [2.45, 2.75) is 32.6 Å². The van der Waals surface area contributed by atoms with Gasteiger partial charge in [0.15, 0.2) is 0 Å². The maximum absolute atomic E-state index is 6.23. The maximum atomic E-state index is 6.23. The molecule has 0 radical (unpaired) electrons. The van der Waals surface area contributed by atoms with Gasteiger partial charge in [-0.25, -0.2) is 0 Å². The zero-order chi connectivity index (χ0) is 12.3. The normalized spacial score (nSPS) is 16.6. The second-order valence-electron chi connectivity index (χ2n) is 4.69. The first kappa shape index (κ1) is 13.2. The van der Waals surface area contributed by atoms with Crippen molar-refractivity contribution >= 4 is 23.2 Å². The monoisotopic (exact) mass is 271 g/mol. The van der Waals surface area contributed by atoms with Crippen molar-refractivity contribution in [1.82, 2.24) is 4.90 Å². The highest BCUT2D eigenvalue weighted by molar-refractivity contribution is 6.36. The molecule has 0 N–H and O–H groups in total. The Balaban J connectivity index is 2.01. The molecule has 0 unspecified atom stereocenters. The fourth-order valence-electron chi connectivity index (χ4n) is 2.43. The molecule has 0 aromatic heterocycles. The van der Waals surface area contributed by atoms with Gasteiger partial charge < -0.3 is 4.90 Å². The number of halogens is 2. The van der Waals surface area contributed by atoms with Crippen LogP contribution >= 0.6 is 23.2 Å². The summed E-state index contributed by atoms with van der Waals surface area (Å²) in [7, 11) is 0. The van der Waals surface area contributed by atoms with Crippen molar-refractivity contribution in [3.8, 4) is 0 Å². The lowest BCUT2D eigenvalue weighted by atomic mass is 10.1. The molecule has 1 aliphatic heterocycles. The molecular formula is C14H19Cl2N. The van der Waals surface area contributed by atoms with E-state index in [0.717, 1.165) is 35.0 Å². The summed E-state index contributed by atoms with van der Waals surface area (Å²) in [6.45, 7) is 5.69. The van der Waals surface area contributed by atoms with E-state index in [2.05, 4.69) is 24.0 Å². The van der Waals surface area contributed by atoms with E-state index < -0.39 is 0 Å². The summed E-state index contributed by atoms with van der Waals surface area (Å²) < 4.78 is 0. The summed E-state index contributed by atoms with van der Waals surface area (Å²) in [6.07, 6.45) is 4.63. The molecule has 94 valence electrons. The third kappa shape index (κ3) is 3.37. The largest absolute Gasteiger partial charge is 0.303 e. The van der Waals surface area contributed by atoms with Gasteiger partial charge in [0.25, 0.3) is 0 Å². The Kier molecular flexibility index (Phi) is 4.72. The van der Waals surface area contributed by atoms with Crippen LogP contribution in [0.15, 0.2) is 12.1 Å². The Morgan fingerprint density at radius 1 is 1.12 bits per heavy atom. The lowest BCUT2D eigenvalue weighted by Crippen LogP contribution is -2.21. The number of rotatable bonds is 4. The van der Waals surface area contributed by atoms with Crippen molar-refractivity contribution in [2.24, 2.45) is 0 Å². The van der Waals surface area contributed by atoms with Crippen LogP contribution in [0, 0.1) is 0 Å². The molecule has 0 bridgehead atoms. The van der Waals surface area contributed by atoms with E-state index in [1.165, 1.54) is 31.5 Å². The molecule has 0 saturated carbocycles. The van der Waals surface area contributed by atoms with Crippen LogP contribution in [0.2, 0.25) is 10.0 Å². The first-order valence-electron chi connectivity index (χ1n) is 6.40. The van der Waals surface area contributed by atoms with Crippen LogP contribution < -0.4 is 0 Å². The van der Waals surface area contributed by atoms with Gasteiger partial charge in [0.2, 0.25) is 0 Å². The molecule has 1 saturated heterocycles. The molecule has 1 aromatic rings. The van der Waals surface area contributed by atoms with Gasteiger partial charge in [0, 0.05) is 16.6 Å². The lowest BCUT2D eigenvalue weighted by molar-refractivity contribution is 0.343. The minimum absolute atomic E-state index is 0.816. The summed E-state index contributed by atoms with van der Waals surface area (Å²) in [4.78, 5) is 2.51. The van der Waals surface area contributed by atoms with E-state index in [-0.39, 0.29) is 0 Å². The highest BCUT2D eigenvalue weighted by Gasteiger charge is 2.12. The highest BCUT2D eigenvalue weighted by Crippen LogP contribution is 2.27. The topological polar surface area (TPSA) is 3.24 Å². The molecule has 1 aromatic carbocycles. The Bertz CT molecular complexity index is 361. The smallest absolute Gasteiger partial charge is 0.0455 e. The summed E-state index contributed by atoms with van der Waals surface area (Å²) in [5.41, 5.74) is 2.32. The van der Waals surface area contributed by atoms with Crippen LogP contribution in [0.3, 0.4) is 0 Å². The first-order valence-corrected chi connectivity index (χ1v) is 7.15. The number of likely N-dealkylation sites (tertiary alicyclic amines) is 1. The van der Waals surface area contributed by atoms with Crippen molar-refractivity contribution < 1.29 is 0 Å². The van der Waals surface area contributed by atoms with Crippen LogP contribution in [0.25, 0.3) is 0 Å². The van der Waals surface area contributed by atoms with Crippen LogP contribution in [-0.4, -0.2) is 24.5 Å². The fraction of sp³-hybridized carbons (Fsp3) is 0.571. The molecule has 17 heavy (non-hydrogen) atoms. The molecule has 0 amide bonds. The van der Waals surface area contributed by atoms with Gasteiger partial charge in [-0.15, -0.1) is 0 Å². The zero-order valence-corrected chi connectivity index (χ0v) is 11.8. The average molecular weight is 272 g/mol. The van der Waals surface area contributed by atoms with Crippen LogP contribution in [0.5, 0.6) is 0 Å². The molecule has 1 heterocycles. The molecule has 3 heteroatoms. The van der Waals surface area contributed by atoms with Gasteiger partial charge in [-0.1, -0.05) is 30.1 Å². The van der Waals surface area contributed by atoms with Crippen molar-refractivity contribution in [3.63, 3.8) is 0 Å². The lowest BCUT2D eigenvalue weighted by Gasteiger charge is -2.15. The van der Waals surface area contributed by atoms with E-state index in [9.17, 15) is 0 Å². The van der Waals surface area contributed by atoms with E-state index >= 15 is 0 Å². The summed E-state index contributed by atoms with van der Waals surface area (Å²) in [5.74, 6) is 0. The number of hydrogen-bond donors (Lipinski definition) is 0. The number of benzene rings is 1. The van der Waals surface area contributed by atoms with Crippen LogP contribution in [0.1, 0.15) is 30.9 Å². The Morgan fingerprint density at radius 3 is 2.24 bits per heavy atom. The molecule has 0 spiro atoms. The van der Waals surface area contributed by atoms with E-state index in [1.54, 1.807) is 0 Å². The molecule has 1 aliphatic rings.